The Hall–Kier alpha value is -1.10. The molecule has 1 unspecified atom stereocenters. The molecule has 1 rings (SSSR count). The van der Waals surface area contributed by atoms with Crippen LogP contribution >= 0.6 is 11.6 Å². The van der Waals surface area contributed by atoms with Crippen molar-refractivity contribution in [2.45, 2.75) is 25.9 Å². The monoisotopic (exact) mass is 256 g/mol. The quantitative estimate of drug-likeness (QED) is 0.718. The predicted molar refractivity (Wildman–Crippen MR) is 68.0 cm³/mol. The van der Waals surface area contributed by atoms with Crippen molar-refractivity contribution in [1.29, 1.82) is 0 Å². The Labute approximate surface area is 106 Å². The smallest absolute Gasteiger partial charge is 0.248 e. The number of carbonyl (C=O) groups is 1. The van der Waals surface area contributed by atoms with Crippen molar-refractivity contribution >= 4 is 17.5 Å². The highest BCUT2D eigenvalue weighted by Crippen LogP contribution is 2.17. The maximum atomic E-state index is 10.9. The Morgan fingerprint density at radius 1 is 1.59 bits per heavy atom. The molecule has 0 heterocycles. The Morgan fingerprint density at radius 2 is 2.29 bits per heavy atom. The first-order valence-corrected chi connectivity index (χ1v) is 5.85. The lowest BCUT2D eigenvalue weighted by Gasteiger charge is -2.13. The van der Waals surface area contributed by atoms with Crippen LogP contribution in [-0.4, -0.2) is 23.7 Å². The van der Waals surface area contributed by atoms with Gasteiger partial charge in [0.05, 0.1) is 0 Å². The molecular weight excluding hydrogens is 240 g/mol. The van der Waals surface area contributed by atoms with Crippen molar-refractivity contribution < 1.29 is 9.90 Å². The second-order valence-electron chi connectivity index (χ2n) is 3.96. The van der Waals surface area contributed by atoms with Crippen LogP contribution in [0.3, 0.4) is 0 Å². The fraction of sp³-hybridized carbons (Fsp3) is 0.417. The summed E-state index contributed by atoms with van der Waals surface area (Å²) in [6, 6.07) is 5.22. The maximum absolute atomic E-state index is 10.9. The number of hydrogen-bond acceptors (Lipinski definition) is 3. The molecule has 0 saturated heterocycles. The van der Waals surface area contributed by atoms with Crippen molar-refractivity contribution in [2.75, 3.05) is 6.61 Å². The van der Waals surface area contributed by atoms with Gasteiger partial charge in [0.25, 0.3) is 0 Å². The molecule has 0 radical (unpaired) electrons. The predicted octanol–water partition coefficient (Wildman–Crippen LogP) is 1.30. The molecule has 0 bridgehead atoms. The zero-order valence-corrected chi connectivity index (χ0v) is 10.5. The van der Waals surface area contributed by atoms with E-state index in [4.69, 9.17) is 22.4 Å². The van der Waals surface area contributed by atoms with Crippen molar-refractivity contribution in [3.63, 3.8) is 0 Å². The van der Waals surface area contributed by atoms with E-state index in [0.717, 1.165) is 5.56 Å². The first-order chi connectivity index (χ1) is 8.04. The van der Waals surface area contributed by atoms with E-state index in [2.05, 4.69) is 5.32 Å². The number of rotatable bonds is 6. The summed E-state index contributed by atoms with van der Waals surface area (Å²) in [7, 11) is 0. The Balaban J connectivity index is 2.63. The van der Waals surface area contributed by atoms with Gasteiger partial charge in [-0.05, 0) is 31.0 Å². The molecule has 0 aliphatic rings. The molecule has 1 aromatic carbocycles. The second kappa shape index (κ2) is 6.59. The van der Waals surface area contributed by atoms with Crippen LogP contribution in [0.15, 0.2) is 18.2 Å². The summed E-state index contributed by atoms with van der Waals surface area (Å²) >= 11 is 6.04. The molecule has 17 heavy (non-hydrogen) atoms. The normalized spacial score (nSPS) is 12.4. The lowest BCUT2D eigenvalue weighted by molar-refractivity contribution is 0.100. The third-order valence-corrected chi connectivity index (χ3v) is 2.89. The van der Waals surface area contributed by atoms with Crippen molar-refractivity contribution in [3.8, 4) is 0 Å². The van der Waals surface area contributed by atoms with Crippen LogP contribution in [0.4, 0.5) is 0 Å². The Morgan fingerprint density at radius 3 is 2.82 bits per heavy atom. The summed E-state index contributed by atoms with van der Waals surface area (Å²) in [6.45, 7) is 2.74. The molecule has 0 aliphatic carbocycles. The number of nitrogens with one attached hydrogen (secondary N) is 1. The summed E-state index contributed by atoms with van der Waals surface area (Å²) in [5, 5.41) is 12.5. The molecule has 94 valence electrons. The van der Waals surface area contributed by atoms with Gasteiger partial charge < -0.3 is 16.2 Å². The fourth-order valence-corrected chi connectivity index (χ4v) is 1.67. The number of primary amides is 1. The summed E-state index contributed by atoms with van der Waals surface area (Å²) in [5.41, 5.74) is 6.46. The fourth-order valence-electron chi connectivity index (χ4n) is 1.42. The number of benzene rings is 1. The molecule has 5 heteroatoms. The van der Waals surface area contributed by atoms with Crippen LogP contribution < -0.4 is 11.1 Å². The zero-order chi connectivity index (χ0) is 12.8. The molecular formula is C12H17ClN2O2. The summed E-state index contributed by atoms with van der Waals surface area (Å²) in [6.07, 6.45) is 0.691. The minimum absolute atomic E-state index is 0.155. The highest BCUT2D eigenvalue weighted by atomic mass is 35.5. The third-order valence-electron chi connectivity index (χ3n) is 2.54. The van der Waals surface area contributed by atoms with Gasteiger partial charge in [0.2, 0.25) is 5.91 Å². The van der Waals surface area contributed by atoms with Crippen LogP contribution in [0.25, 0.3) is 0 Å². The van der Waals surface area contributed by atoms with Crippen molar-refractivity contribution in [3.05, 3.63) is 34.3 Å². The van der Waals surface area contributed by atoms with Gasteiger partial charge in [-0.25, -0.2) is 0 Å². The molecule has 1 atom stereocenters. The highest BCUT2D eigenvalue weighted by Gasteiger charge is 2.07. The number of hydrogen-bond donors (Lipinski definition) is 3. The lowest BCUT2D eigenvalue weighted by Crippen LogP contribution is -2.26. The van der Waals surface area contributed by atoms with Gasteiger partial charge in [-0.15, -0.1) is 0 Å². The molecule has 0 saturated carbocycles. The van der Waals surface area contributed by atoms with Gasteiger partial charge in [0.15, 0.2) is 0 Å². The average molecular weight is 257 g/mol. The van der Waals surface area contributed by atoms with Gasteiger partial charge in [-0.1, -0.05) is 17.7 Å². The Bertz CT molecular complexity index is 396. The number of amides is 1. The lowest BCUT2D eigenvalue weighted by atomic mass is 10.1. The van der Waals surface area contributed by atoms with E-state index in [-0.39, 0.29) is 12.6 Å². The average Bonchev–Trinajstić information content (AvgIpc) is 2.27. The summed E-state index contributed by atoms with van der Waals surface area (Å²) in [4.78, 5) is 10.9. The molecule has 1 aromatic rings. The van der Waals surface area contributed by atoms with E-state index in [1.54, 1.807) is 18.2 Å². The van der Waals surface area contributed by atoms with E-state index >= 15 is 0 Å². The number of carbonyl (C=O) groups excluding carboxylic acids is 1. The minimum Gasteiger partial charge on any atom is -0.396 e. The highest BCUT2D eigenvalue weighted by molar-refractivity contribution is 6.31. The number of aliphatic hydroxyl groups excluding tert-OH is 1. The third kappa shape index (κ3) is 4.34. The molecule has 0 aliphatic heterocycles. The first kappa shape index (κ1) is 14.0. The van der Waals surface area contributed by atoms with Crippen LogP contribution in [-0.2, 0) is 6.54 Å². The topological polar surface area (TPSA) is 75.3 Å². The minimum atomic E-state index is -0.486. The van der Waals surface area contributed by atoms with Gasteiger partial charge in [0, 0.05) is 29.8 Å². The molecule has 0 fully saturated rings. The van der Waals surface area contributed by atoms with Crippen molar-refractivity contribution in [2.24, 2.45) is 5.73 Å². The van der Waals surface area contributed by atoms with E-state index in [1.807, 2.05) is 6.92 Å². The molecule has 0 aromatic heterocycles. The van der Waals surface area contributed by atoms with Gasteiger partial charge in [-0.3, -0.25) is 4.79 Å². The number of nitrogens with two attached hydrogens (primary N) is 1. The molecule has 4 N–H and O–H groups in total. The van der Waals surface area contributed by atoms with Gasteiger partial charge >= 0.3 is 0 Å². The van der Waals surface area contributed by atoms with Crippen LogP contribution in [0.1, 0.15) is 29.3 Å². The maximum Gasteiger partial charge on any atom is 0.248 e. The van der Waals surface area contributed by atoms with E-state index in [0.29, 0.717) is 23.6 Å². The molecule has 1 amide bonds. The van der Waals surface area contributed by atoms with E-state index < -0.39 is 5.91 Å². The summed E-state index contributed by atoms with van der Waals surface area (Å²) < 4.78 is 0. The number of aliphatic hydroxyl groups is 1. The second-order valence-corrected chi connectivity index (χ2v) is 4.37. The van der Waals surface area contributed by atoms with E-state index in [9.17, 15) is 4.79 Å². The van der Waals surface area contributed by atoms with E-state index in [1.165, 1.54) is 0 Å². The zero-order valence-electron chi connectivity index (χ0n) is 9.74. The first-order valence-electron chi connectivity index (χ1n) is 5.47. The van der Waals surface area contributed by atoms with Gasteiger partial charge in [0.1, 0.15) is 0 Å². The SMILES string of the molecule is CC(CCO)NCc1ccc(C(N)=O)cc1Cl. The van der Waals surface area contributed by atoms with Crippen LogP contribution in [0, 0.1) is 0 Å². The van der Waals surface area contributed by atoms with Crippen molar-refractivity contribution in [1.82, 2.24) is 5.32 Å². The summed E-state index contributed by atoms with van der Waals surface area (Å²) in [5.74, 6) is -0.486. The molecule has 0 spiro atoms. The van der Waals surface area contributed by atoms with Crippen LogP contribution in [0.2, 0.25) is 5.02 Å². The van der Waals surface area contributed by atoms with Gasteiger partial charge in [-0.2, -0.15) is 0 Å². The Kier molecular flexibility index (Phi) is 5.41. The van der Waals surface area contributed by atoms with Crippen LogP contribution in [0.5, 0.6) is 0 Å². The molecule has 4 nitrogen and oxygen atoms in total. The number of halogens is 1. The standard InChI is InChI=1S/C12H17ClN2O2/c1-8(4-5-16)15-7-10-3-2-9(12(14)17)6-11(10)13/h2-3,6,8,15-16H,4-5,7H2,1H3,(H2,14,17). The largest absolute Gasteiger partial charge is 0.396 e.